The second-order valence-corrected chi connectivity index (χ2v) is 7.71. The van der Waals surface area contributed by atoms with Gasteiger partial charge >= 0.3 is 0 Å². The Balaban J connectivity index is 1.54. The molecule has 0 spiro atoms. The third-order valence-corrected chi connectivity index (χ3v) is 5.91. The van der Waals surface area contributed by atoms with Gasteiger partial charge in [0.05, 0.1) is 5.57 Å². The van der Waals surface area contributed by atoms with E-state index in [-0.39, 0.29) is 11.6 Å². The zero-order chi connectivity index (χ0) is 19.1. The molecule has 0 saturated carbocycles. The summed E-state index contributed by atoms with van der Waals surface area (Å²) in [5.41, 5.74) is 4.14. The van der Waals surface area contributed by atoms with Crippen molar-refractivity contribution >= 4 is 22.9 Å². The molecule has 28 heavy (non-hydrogen) atoms. The molecule has 5 rings (SSSR count). The van der Waals surface area contributed by atoms with Gasteiger partial charge in [0.15, 0.2) is 11.9 Å². The van der Waals surface area contributed by atoms with E-state index in [0.717, 1.165) is 41.8 Å². The normalized spacial score (nSPS) is 22.1. The number of ether oxygens (including phenoxy) is 1. The highest BCUT2D eigenvalue weighted by atomic mass is 16.5. The number of nitrogens with zero attached hydrogens (tertiary/aromatic N) is 2. The molecule has 1 atom stereocenters. The van der Waals surface area contributed by atoms with E-state index >= 15 is 0 Å². The first kappa shape index (κ1) is 17.3. The lowest BCUT2D eigenvalue weighted by atomic mass is 9.94. The van der Waals surface area contributed by atoms with Crippen molar-refractivity contribution in [3.8, 4) is 0 Å². The molecule has 0 bridgehead atoms. The summed E-state index contributed by atoms with van der Waals surface area (Å²) in [5, 5.41) is 0. The Labute approximate surface area is 164 Å². The number of benzene rings is 1. The van der Waals surface area contributed by atoms with Gasteiger partial charge in [0.1, 0.15) is 5.76 Å². The van der Waals surface area contributed by atoms with E-state index in [9.17, 15) is 9.59 Å². The van der Waals surface area contributed by atoms with E-state index in [1.165, 1.54) is 12.8 Å². The maximum Gasteiger partial charge on any atom is 0.208 e. The molecule has 1 aromatic carbocycles. The summed E-state index contributed by atoms with van der Waals surface area (Å²) in [6.07, 6.45) is 6.59. The summed E-state index contributed by atoms with van der Waals surface area (Å²) in [6.45, 7) is 2.67. The summed E-state index contributed by atoms with van der Waals surface area (Å²) in [4.78, 5) is 31.7. The maximum absolute atomic E-state index is 13.3. The van der Waals surface area contributed by atoms with Gasteiger partial charge in [-0.2, -0.15) is 0 Å². The molecule has 5 nitrogen and oxygen atoms in total. The zero-order valence-corrected chi connectivity index (χ0v) is 15.7. The molecule has 2 aliphatic heterocycles. The van der Waals surface area contributed by atoms with Gasteiger partial charge in [0.2, 0.25) is 5.78 Å². The number of aryl methyl sites for hydroxylation is 1. The number of likely N-dealkylation sites (tertiary alicyclic amines) is 1. The lowest BCUT2D eigenvalue weighted by Crippen LogP contribution is -2.34. The minimum absolute atomic E-state index is 0.0305. The summed E-state index contributed by atoms with van der Waals surface area (Å²) >= 11 is 0. The van der Waals surface area contributed by atoms with Gasteiger partial charge in [-0.1, -0.05) is 18.2 Å². The fraction of sp³-hybridized carbons (Fsp3) is 0.348. The Bertz CT molecular complexity index is 975. The standard InChI is InChI=1S/C23H22N2O3/c26-19-6-4-16-13-17(3-5-18(16)19)21-22(27)20(14-25-11-1-2-12-25)28-23(21)15-7-9-24-10-8-15/h3,5,7-10,13,20H,1-2,4,6,11-12,14H2. The number of fused-ring (bicyclic) bond motifs is 1. The highest BCUT2D eigenvalue weighted by Crippen LogP contribution is 2.38. The molecule has 1 saturated heterocycles. The Hall–Kier alpha value is -2.79. The number of hydrogen-bond donors (Lipinski definition) is 0. The van der Waals surface area contributed by atoms with Crippen molar-refractivity contribution in [2.75, 3.05) is 19.6 Å². The monoisotopic (exact) mass is 374 g/mol. The van der Waals surface area contributed by atoms with Crippen LogP contribution in [0.25, 0.3) is 11.3 Å². The fourth-order valence-electron chi connectivity index (χ4n) is 4.45. The van der Waals surface area contributed by atoms with E-state index in [1.807, 2.05) is 30.3 Å². The predicted octanol–water partition coefficient (Wildman–Crippen LogP) is 3.14. The van der Waals surface area contributed by atoms with E-state index in [2.05, 4.69) is 9.88 Å². The van der Waals surface area contributed by atoms with Crippen LogP contribution in [0, 0.1) is 0 Å². The van der Waals surface area contributed by atoms with Crippen LogP contribution in [0.5, 0.6) is 0 Å². The third-order valence-electron chi connectivity index (χ3n) is 5.91. The number of aromatic nitrogens is 1. The van der Waals surface area contributed by atoms with Crippen LogP contribution in [0.3, 0.4) is 0 Å². The van der Waals surface area contributed by atoms with Crippen LogP contribution in [-0.4, -0.2) is 47.2 Å². The van der Waals surface area contributed by atoms with Crippen molar-refractivity contribution in [1.82, 2.24) is 9.88 Å². The maximum atomic E-state index is 13.3. The summed E-state index contributed by atoms with van der Waals surface area (Å²) in [6, 6.07) is 9.49. The van der Waals surface area contributed by atoms with Gasteiger partial charge in [-0.25, -0.2) is 0 Å². The molecule has 2 aromatic rings. The molecule has 0 N–H and O–H groups in total. The minimum atomic E-state index is -0.480. The molecule has 142 valence electrons. The fourth-order valence-corrected chi connectivity index (χ4v) is 4.45. The van der Waals surface area contributed by atoms with Gasteiger partial charge in [-0.05, 0) is 55.6 Å². The minimum Gasteiger partial charge on any atom is -0.479 e. The first-order valence-corrected chi connectivity index (χ1v) is 9.95. The molecule has 0 radical (unpaired) electrons. The average Bonchev–Trinajstić information content (AvgIpc) is 3.44. The van der Waals surface area contributed by atoms with Crippen molar-refractivity contribution in [1.29, 1.82) is 0 Å². The average molecular weight is 374 g/mol. The Morgan fingerprint density at radius 2 is 1.79 bits per heavy atom. The molecule has 5 heteroatoms. The molecule has 3 aliphatic rings. The smallest absolute Gasteiger partial charge is 0.208 e. The topological polar surface area (TPSA) is 59.5 Å². The SMILES string of the molecule is O=C1CCc2cc(C3=C(c4ccncc4)OC(CN4CCCC4)C3=O)ccc21. The van der Waals surface area contributed by atoms with Crippen LogP contribution in [-0.2, 0) is 16.0 Å². The number of carbonyl (C=O) groups excluding carboxylic acids is 2. The lowest BCUT2D eigenvalue weighted by molar-refractivity contribution is -0.120. The number of ketones is 2. The van der Waals surface area contributed by atoms with Crippen molar-refractivity contribution in [2.24, 2.45) is 0 Å². The number of Topliss-reactive ketones (excluding diaryl/α,β-unsaturated/α-hetero) is 2. The number of pyridine rings is 1. The van der Waals surface area contributed by atoms with Crippen molar-refractivity contribution < 1.29 is 14.3 Å². The highest BCUT2D eigenvalue weighted by Gasteiger charge is 2.38. The number of hydrogen-bond acceptors (Lipinski definition) is 5. The Morgan fingerprint density at radius 3 is 2.57 bits per heavy atom. The van der Waals surface area contributed by atoms with Crippen molar-refractivity contribution in [3.05, 3.63) is 65.0 Å². The van der Waals surface area contributed by atoms with E-state index in [0.29, 0.717) is 24.3 Å². The van der Waals surface area contributed by atoms with Crippen LogP contribution in [0.15, 0.2) is 42.7 Å². The molecule has 0 amide bonds. The molecule has 1 aromatic heterocycles. The van der Waals surface area contributed by atoms with Crippen LogP contribution < -0.4 is 0 Å². The van der Waals surface area contributed by atoms with Crippen LogP contribution in [0.2, 0.25) is 0 Å². The highest BCUT2D eigenvalue weighted by molar-refractivity contribution is 6.31. The largest absolute Gasteiger partial charge is 0.479 e. The quantitative estimate of drug-likeness (QED) is 0.823. The van der Waals surface area contributed by atoms with E-state index < -0.39 is 6.10 Å². The molecular formula is C23H22N2O3. The molecule has 1 unspecified atom stereocenters. The first-order chi connectivity index (χ1) is 13.7. The van der Waals surface area contributed by atoms with Crippen molar-refractivity contribution in [2.45, 2.75) is 31.8 Å². The third kappa shape index (κ3) is 2.96. The summed E-state index contributed by atoms with van der Waals surface area (Å²) in [5.74, 6) is 0.842. The predicted molar refractivity (Wildman–Crippen MR) is 106 cm³/mol. The summed E-state index contributed by atoms with van der Waals surface area (Å²) in [7, 11) is 0. The Kier molecular flexibility index (Phi) is 4.32. The molecule has 1 fully saturated rings. The van der Waals surface area contributed by atoms with Gasteiger partial charge < -0.3 is 4.74 Å². The van der Waals surface area contributed by atoms with Crippen molar-refractivity contribution in [3.63, 3.8) is 0 Å². The summed E-state index contributed by atoms with van der Waals surface area (Å²) < 4.78 is 6.22. The van der Waals surface area contributed by atoms with Crippen LogP contribution >= 0.6 is 0 Å². The van der Waals surface area contributed by atoms with Gasteiger partial charge in [0, 0.05) is 36.5 Å². The van der Waals surface area contributed by atoms with Gasteiger partial charge in [-0.3, -0.25) is 19.5 Å². The second kappa shape index (κ2) is 6.99. The molecular weight excluding hydrogens is 352 g/mol. The number of rotatable bonds is 4. The number of carbonyl (C=O) groups is 2. The Morgan fingerprint density at radius 1 is 1.00 bits per heavy atom. The first-order valence-electron chi connectivity index (χ1n) is 9.95. The van der Waals surface area contributed by atoms with Gasteiger partial charge in [-0.15, -0.1) is 0 Å². The molecule has 1 aliphatic carbocycles. The second-order valence-electron chi connectivity index (χ2n) is 7.71. The molecule has 3 heterocycles. The van der Waals surface area contributed by atoms with Crippen LogP contribution in [0.1, 0.15) is 46.3 Å². The van der Waals surface area contributed by atoms with E-state index in [1.54, 1.807) is 12.4 Å². The van der Waals surface area contributed by atoms with E-state index in [4.69, 9.17) is 4.74 Å². The lowest BCUT2D eigenvalue weighted by Gasteiger charge is -2.19. The van der Waals surface area contributed by atoms with Gasteiger partial charge in [0.25, 0.3) is 0 Å². The zero-order valence-electron chi connectivity index (χ0n) is 15.7. The van der Waals surface area contributed by atoms with Crippen LogP contribution in [0.4, 0.5) is 0 Å².